The molecule has 0 amide bonds. The summed E-state index contributed by atoms with van der Waals surface area (Å²) in [5.41, 5.74) is 5.98. The van der Waals surface area contributed by atoms with E-state index in [1.54, 1.807) is 0 Å². The van der Waals surface area contributed by atoms with Crippen molar-refractivity contribution in [2.24, 2.45) is 11.1 Å². The number of nitrogens with zero attached hydrogens (tertiary/aromatic N) is 2. The Morgan fingerprint density at radius 2 is 1.70 bits per heavy atom. The summed E-state index contributed by atoms with van der Waals surface area (Å²) in [5, 5.41) is 4.23. The molecular formula is C16H29N3O. The van der Waals surface area contributed by atoms with Crippen molar-refractivity contribution in [3.63, 3.8) is 0 Å². The van der Waals surface area contributed by atoms with Crippen molar-refractivity contribution in [3.05, 3.63) is 11.7 Å². The lowest BCUT2D eigenvalue weighted by Crippen LogP contribution is -2.50. The molecule has 0 atom stereocenters. The number of rotatable bonds is 3. The van der Waals surface area contributed by atoms with Gasteiger partial charge < -0.3 is 10.3 Å². The summed E-state index contributed by atoms with van der Waals surface area (Å²) in [6.45, 7) is 12.8. The van der Waals surface area contributed by atoms with Crippen molar-refractivity contribution >= 4 is 0 Å². The second-order valence-corrected chi connectivity index (χ2v) is 8.24. The maximum atomic E-state index is 6.24. The molecule has 1 aliphatic carbocycles. The van der Waals surface area contributed by atoms with E-state index in [-0.39, 0.29) is 5.41 Å². The maximum Gasteiger partial charge on any atom is 0.234 e. The molecule has 1 fully saturated rings. The fourth-order valence-corrected chi connectivity index (χ4v) is 2.59. The first-order valence-electron chi connectivity index (χ1n) is 7.66. The molecule has 0 aromatic carbocycles. The normalized spacial score (nSPS) is 21.1. The van der Waals surface area contributed by atoms with Crippen molar-refractivity contribution in [1.82, 2.24) is 10.1 Å². The van der Waals surface area contributed by atoms with Gasteiger partial charge in [0.15, 0.2) is 5.82 Å². The van der Waals surface area contributed by atoms with Crippen LogP contribution >= 0.6 is 0 Å². The fraction of sp³-hybridized carbons (Fsp3) is 0.875. The summed E-state index contributed by atoms with van der Waals surface area (Å²) >= 11 is 0. The largest absolute Gasteiger partial charge is 0.339 e. The molecule has 0 bridgehead atoms. The SMILES string of the molecule is CC1(C)CCC(c2noc(C(C)(C)C(C)(C)N)n2)CC1. The highest BCUT2D eigenvalue weighted by Gasteiger charge is 2.41. The van der Waals surface area contributed by atoms with E-state index >= 15 is 0 Å². The van der Waals surface area contributed by atoms with Crippen molar-refractivity contribution in [2.45, 2.75) is 84.1 Å². The number of aromatic nitrogens is 2. The predicted octanol–water partition coefficient (Wildman–Crippen LogP) is 3.77. The van der Waals surface area contributed by atoms with Crippen molar-refractivity contribution < 1.29 is 4.52 Å². The zero-order valence-electron chi connectivity index (χ0n) is 13.8. The molecular weight excluding hydrogens is 250 g/mol. The molecule has 4 nitrogen and oxygen atoms in total. The summed E-state index contributed by atoms with van der Waals surface area (Å²) in [4.78, 5) is 4.66. The summed E-state index contributed by atoms with van der Waals surface area (Å²) < 4.78 is 5.52. The van der Waals surface area contributed by atoms with Gasteiger partial charge in [-0.2, -0.15) is 4.98 Å². The van der Waals surface area contributed by atoms with Gasteiger partial charge in [-0.1, -0.05) is 19.0 Å². The third-order valence-electron chi connectivity index (χ3n) is 5.29. The Bertz CT molecular complexity index is 458. The van der Waals surface area contributed by atoms with Crippen LogP contribution in [0.15, 0.2) is 4.52 Å². The molecule has 1 aliphatic rings. The first kappa shape index (κ1) is 15.5. The lowest BCUT2D eigenvalue weighted by atomic mass is 9.73. The Hall–Kier alpha value is -0.900. The van der Waals surface area contributed by atoms with E-state index in [2.05, 4.69) is 37.8 Å². The molecule has 4 heteroatoms. The van der Waals surface area contributed by atoms with E-state index in [9.17, 15) is 0 Å². The molecule has 1 heterocycles. The van der Waals surface area contributed by atoms with Crippen molar-refractivity contribution in [1.29, 1.82) is 0 Å². The Morgan fingerprint density at radius 3 is 2.20 bits per heavy atom. The van der Waals surface area contributed by atoms with Crippen LogP contribution in [0.1, 0.15) is 84.9 Å². The summed E-state index contributed by atoms with van der Waals surface area (Å²) in [6, 6.07) is 0. The minimum absolute atomic E-state index is 0.327. The van der Waals surface area contributed by atoms with Gasteiger partial charge in [0, 0.05) is 11.5 Å². The van der Waals surface area contributed by atoms with Crippen LogP contribution in [0, 0.1) is 5.41 Å². The Balaban J connectivity index is 2.14. The Morgan fingerprint density at radius 1 is 1.15 bits per heavy atom. The highest BCUT2D eigenvalue weighted by molar-refractivity contribution is 5.12. The van der Waals surface area contributed by atoms with Crippen LogP contribution in [-0.4, -0.2) is 15.7 Å². The zero-order valence-corrected chi connectivity index (χ0v) is 13.8. The molecule has 0 aliphatic heterocycles. The maximum absolute atomic E-state index is 6.24. The number of nitrogens with two attached hydrogens (primary N) is 1. The second kappa shape index (κ2) is 4.83. The Kier molecular flexibility index (Phi) is 3.74. The summed E-state index contributed by atoms with van der Waals surface area (Å²) in [7, 11) is 0. The van der Waals surface area contributed by atoms with Crippen molar-refractivity contribution in [3.8, 4) is 0 Å². The van der Waals surface area contributed by atoms with Gasteiger partial charge in [0.05, 0.1) is 5.41 Å². The van der Waals surface area contributed by atoms with Crippen LogP contribution < -0.4 is 5.73 Å². The molecule has 0 spiro atoms. The van der Waals surface area contributed by atoms with E-state index < -0.39 is 5.54 Å². The Labute approximate surface area is 122 Å². The van der Waals surface area contributed by atoms with E-state index in [1.807, 2.05) is 13.8 Å². The van der Waals surface area contributed by atoms with Crippen LogP contribution in [0.5, 0.6) is 0 Å². The van der Waals surface area contributed by atoms with E-state index in [0.717, 1.165) is 18.7 Å². The quantitative estimate of drug-likeness (QED) is 0.914. The van der Waals surface area contributed by atoms with Crippen LogP contribution in [0.25, 0.3) is 0 Å². The van der Waals surface area contributed by atoms with Gasteiger partial charge in [-0.25, -0.2) is 0 Å². The zero-order chi connectivity index (χ0) is 15.2. The minimum Gasteiger partial charge on any atom is -0.339 e. The third-order valence-corrected chi connectivity index (χ3v) is 5.29. The molecule has 2 rings (SSSR count). The monoisotopic (exact) mass is 279 g/mol. The third kappa shape index (κ3) is 2.90. The van der Waals surface area contributed by atoms with E-state index in [1.165, 1.54) is 12.8 Å². The van der Waals surface area contributed by atoms with Gasteiger partial charge in [0.1, 0.15) is 0 Å². The smallest absolute Gasteiger partial charge is 0.234 e. The molecule has 2 N–H and O–H groups in total. The molecule has 0 radical (unpaired) electrons. The molecule has 114 valence electrons. The molecule has 1 aromatic rings. The second-order valence-electron chi connectivity index (χ2n) is 8.24. The van der Waals surface area contributed by atoms with Gasteiger partial charge >= 0.3 is 0 Å². The first-order valence-corrected chi connectivity index (χ1v) is 7.66. The van der Waals surface area contributed by atoms with E-state index in [0.29, 0.717) is 17.2 Å². The minimum atomic E-state index is -0.397. The number of hydrogen-bond donors (Lipinski definition) is 1. The highest BCUT2D eigenvalue weighted by Crippen LogP contribution is 2.42. The van der Waals surface area contributed by atoms with Gasteiger partial charge in [-0.3, -0.25) is 0 Å². The average molecular weight is 279 g/mol. The fourth-order valence-electron chi connectivity index (χ4n) is 2.59. The standard InChI is InChI=1S/C16H29N3O/c1-14(2)9-7-11(8-10-14)12-18-13(20-19-12)15(3,4)16(5,6)17/h11H,7-10,17H2,1-6H3. The lowest BCUT2D eigenvalue weighted by Gasteiger charge is -2.35. The van der Waals surface area contributed by atoms with Gasteiger partial charge in [0.25, 0.3) is 0 Å². The van der Waals surface area contributed by atoms with Gasteiger partial charge in [-0.15, -0.1) is 0 Å². The molecule has 20 heavy (non-hydrogen) atoms. The van der Waals surface area contributed by atoms with E-state index in [4.69, 9.17) is 10.3 Å². The summed E-state index contributed by atoms with van der Waals surface area (Å²) in [6.07, 6.45) is 4.76. The molecule has 1 saturated carbocycles. The molecule has 1 aromatic heterocycles. The number of hydrogen-bond acceptors (Lipinski definition) is 4. The molecule has 0 saturated heterocycles. The lowest BCUT2D eigenvalue weighted by molar-refractivity contribution is 0.213. The van der Waals surface area contributed by atoms with Crippen LogP contribution in [0.2, 0.25) is 0 Å². The first-order chi connectivity index (χ1) is 9.03. The molecule has 0 unspecified atom stereocenters. The van der Waals surface area contributed by atoms with Crippen LogP contribution in [0.3, 0.4) is 0 Å². The van der Waals surface area contributed by atoms with Crippen molar-refractivity contribution in [2.75, 3.05) is 0 Å². The summed E-state index contributed by atoms with van der Waals surface area (Å²) in [5.74, 6) is 1.97. The van der Waals surface area contributed by atoms with Crippen LogP contribution in [-0.2, 0) is 5.41 Å². The van der Waals surface area contributed by atoms with Gasteiger partial charge in [0.2, 0.25) is 5.89 Å². The predicted molar refractivity (Wildman–Crippen MR) is 80.6 cm³/mol. The topological polar surface area (TPSA) is 64.9 Å². The average Bonchev–Trinajstić information content (AvgIpc) is 2.77. The van der Waals surface area contributed by atoms with Gasteiger partial charge in [-0.05, 0) is 58.8 Å². The highest BCUT2D eigenvalue weighted by atomic mass is 16.5. The van der Waals surface area contributed by atoms with Crippen LogP contribution in [0.4, 0.5) is 0 Å².